The van der Waals surface area contributed by atoms with Crippen LogP contribution in [0.3, 0.4) is 0 Å². The normalized spacial score (nSPS) is 16.1. The molecule has 0 saturated carbocycles. The average Bonchev–Trinajstić information content (AvgIpc) is 3.51. The van der Waals surface area contributed by atoms with Crippen LogP contribution >= 0.6 is 0 Å². The molecule has 0 spiro atoms. The van der Waals surface area contributed by atoms with E-state index in [0.29, 0.717) is 64.4 Å². The van der Waals surface area contributed by atoms with Gasteiger partial charge in [0.05, 0.1) is 22.9 Å². The first kappa shape index (κ1) is 24.0. The summed E-state index contributed by atoms with van der Waals surface area (Å²) in [6.07, 6.45) is 4.56. The first-order chi connectivity index (χ1) is 18.2. The third kappa shape index (κ3) is 3.46. The highest BCUT2D eigenvalue weighted by atomic mass is 19.2. The van der Waals surface area contributed by atoms with Gasteiger partial charge in [0, 0.05) is 86.2 Å². The Balaban J connectivity index is 1.66. The smallest absolute Gasteiger partial charge is 0.341 e. The number of nitrogens with one attached hydrogen (secondary N) is 1. The molecule has 0 unspecified atom stereocenters. The maximum Gasteiger partial charge on any atom is 0.341 e. The second kappa shape index (κ2) is 8.59. The highest BCUT2D eigenvalue weighted by molar-refractivity contribution is 5.98. The zero-order valence-corrected chi connectivity index (χ0v) is 20.5. The molecule has 38 heavy (non-hydrogen) atoms. The minimum atomic E-state index is -1.35. The number of halogens is 2. The van der Waals surface area contributed by atoms with Crippen molar-refractivity contribution in [3.63, 3.8) is 0 Å². The Labute approximate surface area is 215 Å². The summed E-state index contributed by atoms with van der Waals surface area (Å²) in [6.45, 7) is 0.752. The van der Waals surface area contributed by atoms with Crippen molar-refractivity contribution < 1.29 is 23.8 Å². The van der Waals surface area contributed by atoms with Gasteiger partial charge in [-0.05, 0) is 18.1 Å². The number of aromatic carboxylic acids is 1. The number of rotatable bonds is 4. The van der Waals surface area contributed by atoms with Gasteiger partial charge in [-0.15, -0.1) is 0 Å². The molecule has 11 heteroatoms. The Morgan fingerprint density at radius 3 is 2.66 bits per heavy atom. The van der Waals surface area contributed by atoms with Gasteiger partial charge in [0.15, 0.2) is 11.6 Å². The Bertz CT molecular complexity index is 1740. The molecule has 0 bridgehead atoms. The minimum Gasteiger partial charge on any atom is -0.477 e. The Morgan fingerprint density at radius 1 is 1.18 bits per heavy atom. The van der Waals surface area contributed by atoms with Crippen molar-refractivity contribution in [2.24, 2.45) is 7.05 Å². The van der Waals surface area contributed by atoms with E-state index in [9.17, 15) is 24.2 Å². The SMILES string of the molecule is CNc1cc(F)c(F)c2c1Cc1ncc(-c3cnc4c(c3)c(=O)c(C(=O)O)cn4C)c(N3CC[C@@H](O)C3)c1-2. The van der Waals surface area contributed by atoms with E-state index in [-0.39, 0.29) is 23.1 Å². The lowest BCUT2D eigenvalue weighted by Crippen LogP contribution is -2.23. The molecule has 1 atom stereocenters. The van der Waals surface area contributed by atoms with Crippen LogP contribution in [0.25, 0.3) is 33.3 Å². The van der Waals surface area contributed by atoms with E-state index in [1.807, 2.05) is 4.90 Å². The van der Waals surface area contributed by atoms with Gasteiger partial charge in [0.2, 0.25) is 5.43 Å². The molecule has 4 heterocycles. The number of aliphatic hydroxyl groups excluding tert-OH is 1. The predicted molar refractivity (Wildman–Crippen MR) is 138 cm³/mol. The fourth-order valence-electron chi connectivity index (χ4n) is 5.58. The number of aromatic nitrogens is 3. The molecule has 6 rings (SSSR count). The molecule has 4 aromatic rings. The average molecular weight is 520 g/mol. The van der Waals surface area contributed by atoms with Crippen molar-refractivity contribution in [1.29, 1.82) is 0 Å². The zero-order valence-electron chi connectivity index (χ0n) is 20.5. The molecular formula is C27H23F2N5O4. The Kier molecular flexibility index (Phi) is 5.42. The molecule has 0 amide bonds. The number of anilines is 2. The number of pyridine rings is 3. The highest BCUT2D eigenvalue weighted by Crippen LogP contribution is 2.50. The van der Waals surface area contributed by atoms with Crippen LogP contribution in [0.2, 0.25) is 0 Å². The van der Waals surface area contributed by atoms with Crippen LogP contribution in [0, 0.1) is 11.6 Å². The first-order valence-corrected chi connectivity index (χ1v) is 12.1. The number of nitrogens with zero attached hydrogens (tertiary/aromatic N) is 4. The molecule has 1 aromatic carbocycles. The van der Waals surface area contributed by atoms with E-state index in [0.717, 1.165) is 6.07 Å². The van der Waals surface area contributed by atoms with Crippen molar-refractivity contribution in [3.05, 3.63) is 69.4 Å². The van der Waals surface area contributed by atoms with Crippen molar-refractivity contribution >= 4 is 28.4 Å². The third-order valence-electron chi connectivity index (χ3n) is 7.35. The topological polar surface area (TPSA) is 121 Å². The summed E-state index contributed by atoms with van der Waals surface area (Å²) in [5.41, 5.74) is 2.94. The van der Waals surface area contributed by atoms with E-state index in [4.69, 9.17) is 0 Å². The van der Waals surface area contributed by atoms with Gasteiger partial charge in [-0.2, -0.15) is 0 Å². The number of carboxylic acid groups (broad SMARTS) is 1. The summed E-state index contributed by atoms with van der Waals surface area (Å²) in [4.78, 5) is 35.6. The second-order valence-electron chi connectivity index (χ2n) is 9.61. The van der Waals surface area contributed by atoms with Crippen LogP contribution in [0.5, 0.6) is 0 Å². The van der Waals surface area contributed by atoms with Gasteiger partial charge in [0.25, 0.3) is 0 Å². The maximum atomic E-state index is 15.4. The fourth-order valence-corrected chi connectivity index (χ4v) is 5.58. The number of carbonyl (C=O) groups is 1. The largest absolute Gasteiger partial charge is 0.477 e. The molecule has 3 N–H and O–H groups in total. The molecule has 9 nitrogen and oxygen atoms in total. The van der Waals surface area contributed by atoms with Crippen LogP contribution < -0.4 is 15.6 Å². The predicted octanol–water partition coefficient (Wildman–Crippen LogP) is 3.16. The summed E-state index contributed by atoms with van der Waals surface area (Å²) >= 11 is 0. The number of aryl methyl sites for hydroxylation is 1. The summed E-state index contributed by atoms with van der Waals surface area (Å²) in [7, 11) is 3.24. The maximum absolute atomic E-state index is 15.4. The summed E-state index contributed by atoms with van der Waals surface area (Å²) in [6, 6.07) is 2.68. The fraction of sp³-hybridized carbons (Fsp3) is 0.259. The van der Waals surface area contributed by atoms with Crippen LogP contribution in [-0.2, 0) is 13.5 Å². The van der Waals surface area contributed by atoms with Crippen molar-refractivity contribution in [1.82, 2.24) is 14.5 Å². The van der Waals surface area contributed by atoms with Crippen molar-refractivity contribution in [2.75, 3.05) is 30.4 Å². The van der Waals surface area contributed by atoms with E-state index < -0.39 is 29.1 Å². The number of fused-ring (bicyclic) bond motifs is 4. The summed E-state index contributed by atoms with van der Waals surface area (Å²) < 4.78 is 31.5. The van der Waals surface area contributed by atoms with Crippen molar-refractivity contribution in [2.45, 2.75) is 18.9 Å². The summed E-state index contributed by atoms with van der Waals surface area (Å²) in [5.74, 6) is -3.32. The van der Waals surface area contributed by atoms with Gasteiger partial charge in [-0.1, -0.05) is 0 Å². The quantitative estimate of drug-likeness (QED) is 0.331. The van der Waals surface area contributed by atoms with Crippen LogP contribution in [0.15, 0.2) is 35.5 Å². The van der Waals surface area contributed by atoms with E-state index >= 15 is 4.39 Å². The standard InChI is InChI=1S/C27H23F2N5O4/c1-30-19-7-18(28)23(29)21-14(19)6-20-22(21)24(34-4-3-13(35)10-34)16(9-31-20)12-5-15-25(36)17(27(37)38)11-33(2)26(15)32-8-12/h5,7-9,11,13,30,35H,3-4,6,10H2,1-2H3,(H,37,38)/t13-/m1/s1. The Morgan fingerprint density at radius 2 is 1.97 bits per heavy atom. The van der Waals surface area contributed by atoms with Gasteiger partial charge in [-0.3, -0.25) is 9.78 Å². The lowest BCUT2D eigenvalue weighted by molar-refractivity contribution is 0.0695. The highest BCUT2D eigenvalue weighted by Gasteiger charge is 2.35. The van der Waals surface area contributed by atoms with Crippen LogP contribution in [0.4, 0.5) is 20.2 Å². The molecule has 2 aliphatic rings. The monoisotopic (exact) mass is 519 g/mol. The molecule has 1 aliphatic carbocycles. The molecule has 194 valence electrons. The molecule has 1 fully saturated rings. The number of aliphatic hydroxyl groups is 1. The minimum absolute atomic E-state index is 0.105. The number of hydrogen-bond donors (Lipinski definition) is 3. The number of benzene rings is 1. The van der Waals surface area contributed by atoms with E-state index in [1.165, 1.54) is 10.8 Å². The van der Waals surface area contributed by atoms with Crippen LogP contribution in [0.1, 0.15) is 28.0 Å². The number of hydrogen-bond acceptors (Lipinski definition) is 7. The van der Waals surface area contributed by atoms with Gasteiger partial charge in [-0.25, -0.2) is 18.6 Å². The number of β-amino-alcohol motifs (C(OH)–C–C–N with tert-alkyl or cyclic N) is 1. The number of carboxylic acids is 1. The first-order valence-electron chi connectivity index (χ1n) is 12.1. The Hall–Kier alpha value is -4.38. The lowest BCUT2D eigenvalue weighted by atomic mass is 9.97. The van der Waals surface area contributed by atoms with Gasteiger partial charge < -0.3 is 25.0 Å². The third-order valence-corrected chi connectivity index (χ3v) is 7.35. The molecule has 1 saturated heterocycles. The zero-order chi connectivity index (χ0) is 26.9. The molecular weight excluding hydrogens is 496 g/mol. The molecule has 1 aliphatic heterocycles. The lowest BCUT2D eigenvalue weighted by Gasteiger charge is -2.25. The van der Waals surface area contributed by atoms with Gasteiger partial charge >= 0.3 is 5.97 Å². The van der Waals surface area contributed by atoms with Crippen LogP contribution in [-0.4, -0.2) is 57.0 Å². The molecule has 0 radical (unpaired) electrons. The second-order valence-corrected chi connectivity index (χ2v) is 9.61. The van der Waals surface area contributed by atoms with E-state index in [2.05, 4.69) is 15.3 Å². The van der Waals surface area contributed by atoms with Gasteiger partial charge in [0.1, 0.15) is 11.2 Å². The van der Waals surface area contributed by atoms with E-state index in [1.54, 1.807) is 32.6 Å². The molecule has 3 aromatic heterocycles. The summed E-state index contributed by atoms with van der Waals surface area (Å²) in [5, 5.41) is 22.9. The van der Waals surface area contributed by atoms with Crippen molar-refractivity contribution in [3.8, 4) is 22.3 Å².